The summed E-state index contributed by atoms with van der Waals surface area (Å²) in [6.45, 7) is 4.47. The van der Waals surface area contributed by atoms with Crippen LogP contribution in [0.25, 0.3) is 0 Å². The van der Waals surface area contributed by atoms with Gasteiger partial charge in [0.1, 0.15) is 0 Å². The highest BCUT2D eigenvalue weighted by Crippen LogP contribution is 2.13. The molecule has 0 N–H and O–H groups in total. The van der Waals surface area contributed by atoms with Crippen molar-refractivity contribution in [2.24, 2.45) is 0 Å². The molecule has 0 aromatic rings. The first-order valence-corrected chi connectivity index (χ1v) is 7.97. The van der Waals surface area contributed by atoms with Crippen molar-refractivity contribution in [3.8, 4) is 0 Å². The Morgan fingerprint density at radius 2 is 0.941 bits per heavy atom. The van der Waals surface area contributed by atoms with E-state index in [1.165, 1.54) is 57.8 Å². The Morgan fingerprint density at radius 1 is 0.588 bits per heavy atom. The summed E-state index contributed by atoms with van der Waals surface area (Å²) in [4.78, 5) is 0. The second kappa shape index (κ2) is 14.0. The van der Waals surface area contributed by atoms with Gasteiger partial charge in [-0.05, 0) is 12.8 Å². The number of hydrogen-bond donors (Lipinski definition) is 0. The lowest BCUT2D eigenvalue weighted by molar-refractivity contribution is 0.0689. The van der Waals surface area contributed by atoms with Crippen LogP contribution >= 0.6 is 0 Å². The van der Waals surface area contributed by atoms with Gasteiger partial charge in [-0.25, -0.2) is 5.11 Å². The summed E-state index contributed by atoms with van der Waals surface area (Å²) in [6, 6.07) is 0. The molecule has 0 saturated carbocycles. The van der Waals surface area contributed by atoms with Crippen molar-refractivity contribution >= 4 is 0 Å². The van der Waals surface area contributed by atoms with Crippen molar-refractivity contribution in [2.45, 2.75) is 103 Å². The molecule has 1 radical (unpaired) electrons. The Morgan fingerprint density at radius 3 is 1.41 bits per heavy atom. The predicted molar refractivity (Wildman–Crippen MR) is 75.8 cm³/mol. The number of rotatable bonds is 13. The molecule has 0 aromatic carbocycles. The fourth-order valence-electron chi connectivity index (χ4n) is 2.27. The molecule has 17 heavy (non-hydrogen) atoms. The maximum Gasteiger partial charge on any atom is 0.0930 e. The molecule has 0 fully saturated rings. The lowest BCUT2D eigenvalue weighted by Gasteiger charge is -2.07. The average molecular weight is 241 g/mol. The highest BCUT2D eigenvalue weighted by molar-refractivity contribution is 4.56. The van der Waals surface area contributed by atoms with Gasteiger partial charge in [-0.2, -0.15) is 0 Å². The van der Waals surface area contributed by atoms with E-state index in [4.69, 9.17) is 0 Å². The molecule has 0 aromatic heterocycles. The van der Waals surface area contributed by atoms with Crippen LogP contribution < -0.4 is 0 Å². The van der Waals surface area contributed by atoms with E-state index in [0.717, 1.165) is 25.7 Å². The monoisotopic (exact) mass is 241 g/mol. The van der Waals surface area contributed by atoms with Crippen molar-refractivity contribution < 1.29 is 5.11 Å². The van der Waals surface area contributed by atoms with Gasteiger partial charge in [-0.15, -0.1) is 0 Å². The van der Waals surface area contributed by atoms with Gasteiger partial charge in [0.15, 0.2) is 0 Å². The van der Waals surface area contributed by atoms with Crippen molar-refractivity contribution in [3.05, 3.63) is 0 Å². The van der Waals surface area contributed by atoms with Crippen LogP contribution in [0, 0.1) is 0 Å². The smallest absolute Gasteiger partial charge is 0.0930 e. The molecule has 0 saturated heterocycles. The van der Waals surface area contributed by atoms with Gasteiger partial charge in [0.05, 0.1) is 6.10 Å². The van der Waals surface area contributed by atoms with Crippen LogP contribution in [-0.2, 0) is 5.11 Å². The fraction of sp³-hybridized carbons (Fsp3) is 1.00. The van der Waals surface area contributed by atoms with E-state index in [2.05, 4.69) is 13.8 Å². The van der Waals surface area contributed by atoms with Crippen LogP contribution in [0.3, 0.4) is 0 Å². The summed E-state index contributed by atoms with van der Waals surface area (Å²) in [5.74, 6) is 0. The van der Waals surface area contributed by atoms with Crippen LogP contribution in [-0.4, -0.2) is 6.10 Å². The molecule has 0 aliphatic rings. The molecule has 1 atom stereocenters. The summed E-state index contributed by atoms with van der Waals surface area (Å²) in [5.41, 5.74) is 0. The Hall–Kier alpha value is -0.0400. The molecular formula is C16H33O. The van der Waals surface area contributed by atoms with E-state index in [1.807, 2.05) is 0 Å². The van der Waals surface area contributed by atoms with Gasteiger partial charge in [0, 0.05) is 0 Å². The Balaban J connectivity index is 3.08. The molecule has 103 valence electrons. The molecule has 0 rings (SSSR count). The van der Waals surface area contributed by atoms with Crippen molar-refractivity contribution in [2.75, 3.05) is 0 Å². The molecule has 0 aliphatic carbocycles. The lowest BCUT2D eigenvalue weighted by atomic mass is 10.0. The number of unbranched alkanes of at least 4 members (excludes halogenated alkanes) is 9. The zero-order valence-electron chi connectivity index (χ0n) is 12.2. The second-order valence-electron chi connectivity index (χ2n) is 5.38. The maximum absolute atomic E-state index is 11.6. The third kappa shape index (κ3) is 13.9. The van der Waals surface area contributed by atoms with E-state index >= 15 is 0 Å². The van der Waals surface area contributed by atoms with E-state index in [0.29, 0.717) is 0 Å². The molecule has 1 heteroatoms. The first-order chi connectivity index (χ1) is 8.31. The Bertz CT molecular complexity index is 133. The lowest BCUT2D eigenvalue weighted by Crippen LogP contribution is -2.04. The van der Waals surface area contributed by atoms with Gasteiger partial charge < -0.3 is 0 Å². The van der Waals surface area contributed by atoms with Gasteiger partial charge in [-0.3, -0.25) is 0 Å². The molecular weight excluding hydrogens is 208 g/mol. The SMILES string of the molecule is CCCCCCCCCC([O])CCCCCC. The van der Waals surface area contributed by atoms with Crippen molar-refractivity contribution in [1.29, 1.82) is 0 Å². The minimum atomic E-state index is -0.275. The van der Waals surface area contributed by atoms with Crippen LogP contribution in [0.5, 0.6) is 0 Å². The normalized spacial score (nSPS) is 12.9. The van der Waals surface area contributed by atoms with Crippen molar-refractivity contribution in [3.63, 3.8) is 0 Å². The summed E-state index contributed by atoms with van der Waals surface area (Å²) >= 11 is 0. The Kier molecular flexibility index (Phi) is 14.0. The van der Waals surface area contributed by atoms with Crippen LogP contribution in [0.4, 0.5) is 0 Å². The van der Waals surface area contributed by atoms with Crippen LogP contribution in [0.15, 0.2) is 0 Å². The third-order valence-electron chi connectivity index (χ3n) is 3.51. The molecule has 0 heterocycles. The van der Waals surface area contributed by atoms with Crippen molar-refractivity contribution in [1.82, 2.24) is 0 Å². The Labute approximate surface area is 109 Å². The minimum absolute atomic E-state index is 0.275. The molecule has 0 amide bonds. The zero-order chi connectivity index (χ0) is 12.8. The second-order valence-corrected chi connectivity index (χ2v) is 5.38. The van der Waals surface area contributed by atoms with Gasteiger partial charge >= 0.3 is 0 Å². The number of hydrogen-bond acceptors (Lipinski definition) is 0. The van der Waals surface area contributed by atoms with Gasteiger partial charge in [0.2, 0.25) is 0 Å². The highest BCUT2D eigenvalue weighted by atomic mass is 16.3. The summed E-state index contributed by atoms with van der Waals surface area (Å²) in [6.07, 6.45) is 15.7. The molecule has 0 bridgehead atoms. The fourth-order valence-corrected chi connectivity index (χ4v) is 2.27. The third-order valence-corrected chi connectivity index (χ3v) is 3.51. The largest absolute Gasteiger partial charge is 0.233 e. The first-order valence-electron chi connectivity index (χ1n) is 7.97. The standard InChI is InChI=1S/C16H33O/c1-3-5-7-9-10-11-13-15-16(17)14-12-8-6-4-2/h16H,3-15H2,1-2H3. The van der Waals surface area contributed by atoms with Crippen LogP contribution in [0.2, 0.25) is 0 Å². The van der Waals surface area contributed by atoms with E-state index in [1.54, 1.807) is 0 Å². The predicted octanol–water partition coefficient (Wildman–Crippen LogP) is 5.90. The molecule has 1 unspecified atom stereocenters. The molecule has 0 aliphatic heterocycles. The first kappa shape index (κ1) is 17.0. The molecule has 0 spiro atoms. The van der Waals surface area contributed by atoms with E-state index < -0.39 is 0 Å². The summed E-state index contributed by atoms with van der Waals surface area (Å²) < 4.78 is 0. The zero-order valence-corrected chi connectivity index (χ0v) is 12.2. The topological polar surface area (TPSA) is 19.9 Å². The maximum atomic E-state index is 11.6. The highest BCUT2D eigenvalue weighted by Gasteiger charge is 2.05. The summed E-state index contributed by atoms with van der Waals surface area (Å²) in [7, 11) is 0. The van der Waals surface area contributed by atoms with Crippen LogP contribution in [0.1, 0.15) is 97.3 Å². The van der Waals surface area contributed by atoms with Gasteiger partial charge in [-0.1, -0.05) is 84.5 Å². The average Bonchev–Trinajstić information content (AvgIpc) is 2.33. The molecule has 1 nitrogen and oxygen atoms in total. The van der Waals surface area contributed by atoms with Gasteiger partial charge in [0.25, 0.3) is 0 Å². The summed E-state index contributed by atoms with van der Waals surface area (Å²) in [5, 5.41) is 11.6. The minimum Gasteiger partial charge on any atom is -0.233 e. The van der Waals surface area contributed by atoms with E-state index in [9.17, 15) is 5.11 Å². The van der Waals surface area contributed by atoms with E-state index in [-0.39, 0.29) is 6.10 Å². The quantitative estimate of drug-likeness (QED) is 0.358.